The van der Waals surface area contributed by atoms with E-state index in [2.05, 4.69) is 15.9 Å². The van der Waals surface area contributed by atoms with Gasteiger partial charge < -0.3 is 15.3 Å². The molecule has 0 amide bonds. The van der Waals surface area contributed by atoms with Gasteiger partial charge in [-0.15, -0.1) is 0 Å². The molecule has 6 heteroatoms. The van der Waals surface area contributed by atoms with Crippen molar-refractivity contribution in [3.05, 3.63) is 56.5 Å². The summed E-state index contributed by atoms with van der Waals surface area (Å²) < 4.78 is 0.724. The number of hydrogen-bond acceptors (Lipinski definition) is 3. The van der Waals surface area contributed by atoms with Crippen LogP contribution in [0.5, 0.6) is 11.5 Å². The van der Waals surface area contributed by atoms with Crippen LogP contribution in [0.25, 0.3) is 0 Å². The molecule has 2 aromatic carbocycles. The molecule has 0 radical (unpaired) electrons. The first-order valence-corrected chi connectivity index (χ1v) is 6.77. The molecule has 0 aliphatic carbocycles. The quantitative estimate of drug-likeness (QED) is 0.781. The highest BCUT2D eigenvalue weighted by Gasteiger charge is 2.12. The molecule has 0 saturated heterocycles. The standard InChI is InChI=1S/C14H10BrClO4/c15-9-5-8(13(18)11(16)6-9)3-7-1-2-10(14(19)20)12(17)4-7/h1-2,4-6,17-18H,3H2,(H,19,20). The third-order valence-corrected chi connectivity index (χ3v) is 3.54. The maximum atomic E-state index is 10.8. The molecule has 0 saturated carbocycles. The second-order valence-corrected chi connectivity index (χ2v) is 5.55. The Labute approximate surface area is 128 Å². The molecule has 2 rings (SSSR count). The average Bonchev–Trinajstić information content (AvgIpc) is 2.35. The third-order valence-electron chi connectivity index (χ3n) is 2.79. The molecule has 20 heavy (non-hydrogen) atoms. The monoisotopic (exact) mass is 356 g/mol. The predicted molar refractivity (Wildman–Crippen MR) is 78.7 cm³/mol. The van der Waals surface area contributed by atoms with Crippen LogP contribution >= 0.6 is 27.5 Å². The van der Waals surface area contributed by atoms with E-state index in [0.29, 0.717) is 17.5 Å². The number of carboxylic acids is 1. The van der Waals surface area contributed by atoms with Crippen molar-refractivity contribution in [3.63, 3.8) is 0 Å². The Kier molecular flexibility index (Phi) is 4.20. The fraction of sp³-hybridized carbons (Fsp3) is 0.0714. The minimum Gasteiger partial charge on any atom is -0.507 e. The van der Waals surface area contributed by atoms with E-state index in [1.54, 1.807) is 18.2 Å². The van der Waals surface area contributed by atoms with Gasteiger partial charge >= 0.3 is 5.97 Å². The number of aromatic carboxylic acids is 1. The van der Waals surface area contributed by atoms with Gasteiger partial charge in [-0.2, -0.15) is 0 Å². The maximum Gasteiger partial charge on any atom is 0.339 e. The maximum absolute atomic E-state index is 10.8. The lowest BCUT2D eigenvalue weighted by atomic mass is 10.0. The van der Waals surface area contributed by atoms with Gasteiger partial charge in [-0.05, 0) is 29.8 Å². The van der Waals surface area contributed by atoms with Gasteiger partial charge in [-0.25, -0.2) is 4.79 Å². The Morgan fingerprint density at radius 2 is 1.90 bits per heavy atom. The van der Waals surface area contributed by atoms with Gasteiger partial charge in [0.15, 0.2) is 0 Å². The van der Waals surface area contributed by atoms with E-state index in [1.165, 1.54) is 12.1 Å². The molecule has 2 aromatic rings. The molecular weight excluding hydrogens is 348 g/mol. The molecule has 0 fully saturated rings. The first-order chi connectivity index (χ1) is 9.38. The number of rotatable bonds is 3. The summed E-state index contributed by atoms with van der Waals surface area (Å²) in [6, 6.07) is 7.55. The van der Waals surface area contributed by atoms with Crippen molar-refractivity contribution >= 4 is 33.5 Å². The summed E-state index contributed by atoms with van der Waals surface area (Å²) in [6.45, 7) is 0. The number of benzene rings is 2. The van der Waals surface area contributed by atoms with Gasteiger partial charge in [-0.1, -0.05) is 33.6 Å². The first-order valence-electron chi connectivity index (χ1n) is 5.60. The van der Waals surface area contributed by atoms with Crippen LogP contribution in [0.3, 0.4) is 0 Å². The van der Waals surface area contributed by atoms with Crippen LogP contribution < -0.4 is 0 Å². The lowest BCUT2D eigenvalue weighted by Gasteiger charge is -2.08. The van der Waals surface area contributed by atoms with E-state index in [0.717, 1.165) is 4.47 Å². The Morgan fingerprint density at radius 3 is 2.50 bits per heavy atom. The number of phenols is 2. The molecule has 0 atom stereocenters. The van der Waals surface area contributed by atoms with Crippen molar-refractivity contribution in [2.45, 2.75) is 6.42 Å². The van der Waals surface area contributed by atoms with Gasteiger partial charge in [-0.3, -0.25) is 0 Å². The summed E-state index contributed by atoms with van der Waals surface area (Å²) in [5.41, 5.74) is 1.08. The lowest BCUT2D eigenvalue weighted by Crippen LogP contribution is -1.98. The Bertz CT molecular complexity index is 685. The molecule has 0 unspecified atom stereocenters. The highest BCUT2D eigenvalue weighted by Crippen LogP contribution is 2.33. The number of hydrogen-bond donors (Lipinski definition) is 3. The second-order valence-electron chi connectivity index (χ2n) is 4.23. The summed E-state index contributed by atoms with van der Waals surface area (Å²) in [7, 11) is 0. The highest BCUT2D eigenvalue weighted by atomic mass is 79.9. The van der Waals surface area contributed by atoms with E-state index >= 15 is 0 Å². The van der Waals surface area contributed by atoms with Crippen LogP contribution in [0.1, 0.15) is 21.5 Å². The summed E-state index contributed by atoms with van der Waals surface area (Å²) >= 11 is 9.16. The minimum atomic E-state index is -1.19. The van der Waals surface area contributed by atoms with Crippen LogP contribution in [0.2, 0.25) is 5.02 Å². The number of phenolic OH excluding ortho intramolecular Hbond substituents is 1. The van der Waals surface area contributed by atoms with Crippen LogP contribution in [0.4, 0.5) is 0 Å². The smallest absolute Gasteiger partial charge is 0.339 e. The fourth-order valence-electron chi connectivity index (χ4n) is 1.84. The van der Waals surface area contributed by atoms with Crippen LogP contribution in [-0.4, -0.2) is 21.3 Å². The number of carbonyl (C=O) groups is 1. The number of carboxylic acid groups (broad SMARTS) is 1. The van der Waals surface area contributed by atoms with E-state index in [9.17, 15) is 15.0 Å². The van der Waals surface area contributed by atoms with Gasteiger partial charge in [0, 0.05) is 16.5 Å². The molecule has 3 N–H and O–H groups in total. The summed E-state index contributed by atoms with van der Waals surface area (Å²) in [4.78, 5) is 10.8. The second kappa shape index (κ2) is 5.73. The molecule has 0 aliphatic rings. The van der Waals surface area contributed by atoms with Crippen LogP contribution in [-0.2, 0) is 6.42 Å². The summed E-state index contributed by atoms with van der Waals surface area (Å²) in [5, 5.41) is 28.6. The molecule has 0 spiro atoms. The van der Waals surface area contributed by atoms with Crippen LogP contribution in [0, 0.1) is 0 Å². The summed E-state index contributed by atoms with van der Waals surface area (Å²) in [6.07, 6.45) is 0.318. The average molecular weight is 358 g/mol. The molecule has 0 bridgehead atoms. The Hall–Kier alpha value is -1.72. The molecule has 0 aromatic heterocycles. The van der Waals surface area contributed by atoms with E-state index in [4.69, 9.17) is 16.7 Å². The van der Waals surface area contributed by atoms with Crippen molar-refractivity contribution < 1.29 is 20.1 Å². The van der Waals surface area contributed by atoms with Gasteiger partial charge in [0.05, 0.1) is 5.02 Å². The molecular formula is C14H10BrClO4. The fourth-order valence-corrected chi connectivity index (χ4v) is 2.72. The largest absolute Gasteiger partial charge is 0.507 e. The van der Waals surface area contributed by atoms with Crippen LogP contribution in [0.15, 0.2) is 34.8 Å². The third kappa shape index (κ3) is 3.05. The zero-order chi connectivity index (χ0) is 14.9. The molecule has 0 heterocycles. The zero-order valence-corrected chi connectivity index (χ0v) is 12.4. The van der Waals surface area contributed by atoms with Gasteiger partial charge in [0.1, 0.15) is 17.1 Å². The Morgan fingerprint density at radius 1 is 1.20 bits per heavy atom. The van der Waals surface area contributed by atoms with E-state index < -0.39 is 5.97 Å². The predicted octanol–water partition coefficient (Wildman–Crippen LogP) is 3.80. The number of aromatic hydroxyl groups is 2. The molecule has 4 nitrogen and oxygen atoms in total. The summed E-state index contributed by atoms with van der Waals surface area (Å²) in [5.74, 6) is -1.53. The first kappa shape index (κ1) is 14.7. The minimum absolute atomic E-state index is 0.0309. The van der Waals surface area contributed by atoms with Crippen molar-refractivity contribution in [2.75, 3.05) is 0 Å². The molecule has 104 valence electrons. The van der Waals surface area contributed by atoms with Gasteiger partial charge in [0.25, 0.3) is 0 Å². The molecule has 0 aliphatic heterocycles. The van der Waals surface area contributed by atoms with Crippen molar-refractivity contribution in [1.82, 2.24) is 0 Å². The topological polar surface area (TPSA) is 77.8 Å². The van der Waals surface area contributed by atoms with Crippen molar-refractivity contribution in [1.29, 1.82) is 0 Å². The highest BCUT2D eigenvalue weighted by molar-refractivity contribution is 9.10. The zero-order valence-electron chi connectivity index (χ0n) is 10.1. The Balaban J connectivity index is 2.36. The SMILES string of the molecule is O=C(O)c1ccc(Cc2cc(Br)cc(Cl)c2O)cc1O. The van der Waals surface area contributed by atoms with E-state index in [1.807, 2.05) is 0 Å². The number of halogens is 2. The normalized spacial score (nSPS) is 10.5. The van der Waals surface area contributed by atoms with Gasteiger partial charge in [0.2, 0.25) is 0 Å². The van der Waals surface area contributed by atoms with E-state index in [-0.39, 0.29) is 22.1 Å². The van der Waals surface area contributed by atoms with Crippen molar-refractivity contribution in [3.8, 4) is 11.5 Å². The lowest BCUT2D eigenvalue weighted by molar-refractivity contribution is 0.0693. The van der Waals surface area contributed by atoms with Crippen molar-refractivity contribution in [2.24, 2.45) is 0 Å².